The van der Waals surface area contributed by atoms with Crippen LogP contribution in [0.5, 0.6) is 5.75 Å². The van der Waals surface area contributed by atoms with Crippen molar-refractivity contribution in [3.05, 3.63) is 126 Å². The van der Waals surface area contributed by atoms with E-state index in [0.717, 1.165) is 28.2 Å². The Morgan fingerprint density at radius 3 is 1.90 bits per heavy atom. The van der Waals surface area contributed by atoms with Crippen LogP contribution >= 0.6 is 0 Å². The van der Waals surface area contributed by atoms with E-state index in [0.29, 0.717) is 18.8 Å². The van der Waals surface area contributed by atoms with Gasteiger partial charge < -0.3 is 9.64 Å². The first-order valence-electron chi connectivity index (χ1n) is 13.3. The second-order valence-electron chi connectivity index (χ2n) is 9.50. The van der Waals surface area contributed by atoms with Gasteiger partial charge in [-0.1, -0.05) is 86.7 Å². The molecule has 4 aromatic rings. The molecule has 1 atom stereocenters. The Morgan fingerprint density at radius 1 is 0.769 bits per heavy atom. The van der Waals surface area contributed by atoms with Crippen LogP contribution in [-0.2, 0) is 16.0 Å². The maximum atomic E-state index is 13.8. The van der Waals surface area contributed by atoms with Crippen LogP contribution in [0, 0.1) is 0 Å². The predicted molar refractivity (Wildman–Crippen MR) is 157 cm³/mol. The number of ether oxygens (including phenoxy) is 1. The second kappa shape index (κ2) is 11.5. The van der Waals surface area contributed by atoms with E-state index in [9.17, 15) is 9.59 Å². The molecule has 1 unspecified atom stereocenters. The van der Waals surface area contributed by atoms with E-state index >= 15 is 0 Å². The molecule has 5 rings (SSSR count). The summed E-state index contributed by atoms with van der Waals surface area (Å²) in [5.41, 5.74) is 3.46. The lowest BCUT2D eigenvalue weighted by molar-refractivity contribution is -0.155. The molecule has 0 amide bonds. The maximum absolute atomic E-state index is 13.8. The van der Waals surface area contributed by atoms with E-state index in [-0.39, 0.29) is 12.2 Å². The molecule has 196 valence electrons. The number of esters is 1. The number of rotatable bonds is 9. The molecule has 1 aliphatic rings. The summed E-state index contributed by atoms with van der Waals surface area (Å²) in [5.74, 6) is -0.264. The molecule has 0 spiro atoms. The minimum Gasteiger partial charge on any atom is -0.425 e. The van der Waals surface area contributed by atoms with E-state index < -0.39 is 11.5 Å². The molecule has 0 aliphatic carbocycles. The molecule has 39 heavy (non-hydrogen) atoms. The summed E-state index contributed by atoms with van der Waals surface area (Å²) < 4.78 is 5.69. The van der Waals surface area contributed by atoms with Crippen LogP contribution in [0.1, 0.15) is 25.0 Å². The highest BCUT2D eigenvalue weighted by atomic mass is 16.5. The number of likely N-dealkylation sites (N-methyl/N-ethyl adjacent to an activating group) is 1. The normalized spacial score (nSPS) is 16.6. The molecular weight excluding hydrogens is 484 g/mol. The number of para-hydroxylation sites is 3. The summed E-state index contributed by atoms with van der Waals surface area (Å²) in [4.78, 5) is 31.2. The van der Waals surface area contributed by atoms with Gasteiger partial charge >= 0.3 is 5.97 Å². The highest BCUT2D eigenvalue weighted by Crippen LogP contribution is 2.36. The molecule has 4 aromatic carbocycles. The van der Waals surface area contributed by atoms with Crippen LogP contribution in [0.3, 0.4) is 0 Å². The minimum absolute atomic E-state index is 0.273. The minimum atomic E-state index is -1.38. The number of hydrogen-bond acceptors (Lipinski definition) is 5. The average molecular weight is 517 g/mol. The topological polar surface area (TPSA) is 49.9 Å². The fraction of sp³-hybridized carbons (Fsp3) is 0.176. The summed E-state index contributed by atoms with van der Waals surface area (Å²) in [7, 11) is 0. The van der Waals surface area contributed by atoms with Crippen molar-refractivity contribution in [2.24, 2.45) is 0 Å². The monoisotopic (exact) mass is 516 g/mol. The SMILES string of the molecule is CCN(CC)C1(C(=O)/C=C/c2ccc(N(c3ccccc3)c3ccccc3)cc2)Cc2ccccc2OC1=O. The Balaban J connectivity index is 1.44. The second-order valence-corrected chi connectivity index (χ2v) is 9.50. The first kappa shape index (κ1) is 26.1. The van der Waals surface area contributed by atoms with E-state index in [4.69, 9.17) is 4.74 Å². The van der Waals surface area contributed by atoms with E-state index in [1.165, 1.54) is 6.08 Å². The third-order valence-electron chi connectivity index (χ3n) is 7.28. The number of anilines is 3. The molecule has 0 saturated carbocycles. The molecule has 0 radical (unpaired) electrons. The van der Waals surface area contributed by atoms with Gasteiger partial charge in [-0.3, -0.25) is 9.69 Å². The van der Waals surface area contributed by atoms with Crippen LogP contribution in [0.2, 0.25) is 0 Å². The van der Waals surface area contributed by atoms with Crippen LogP contribution in [0.25, 0.3) is 6.08 Å². The summed E-state index contributed by atoms with van der Waals surface area (Å²) >= 11 is 0. The van der Waals surface area contributed by atoms with Gasteiger partial charge in [0.05, 0.1) is 0 Å². The Morgan fingerprint density at radius 2 is 1.31 bits per heavy atom. The van der Waals surface area contributed by atoms with Gasteiger partial charge in [0.15, 0.2) is 11.3 Å². The highest BCUT2D eigenvalue weighted by Gasteiger charge is 2.53. The van der Waals surface area contributed by atoms with E-state index in [2.05, 4.69) is 29.2 Å². The molecule has 0 bridgehead atoms. The van der Waals surface area contributed by atoms with Crippen molar-refractivity contribution < 1.29 is 14.3 Å². The summed E-state index contributed by atoms with van der Waals surface area (Å²) in [6.07, 6.45) is 3.59. The molecule has 0 N–H and O–H groups in total. The van der Waals surface area contributed by atoms with Crippen molar-refractivity contribution >= 4 is 34.9 Å². The fourth-order valence-corrected chi connectivity index (χ4v) is 5.28. The zero-order valence-corrected chi connectivity index (χ0v) is 22.3. The number of hydrogen-bond donors (Lipinski definition) is 0. The number of nitrogens with zero attached hydrogens (tertiary/aromatic N) is 2. The smallest absolute Gasteiger partial charge is 0.340 e. The van der Waals surface area contributed by atoms with Gasteiger partial charge in [-0.2, -0.15) is 0 Å². The number of ketones is 1. The van der Waals surface area contributed by atoms with Crippen molar-refractivity contribution in [1.29, 1.82) is 0 Å². The van der Waals surface area contributed by atoms with Gasteiger partial charge in [0.1, 0.15) is 5.75 Å². The number of carbonyl (C=O) groups is 2. The predicted octanol–water partition coefficient (Wildman–Crippen LogP) is 6.98. The maximum Gasteiger partial charge on any atom is 0.340 e. The average Bonchev–Trinajstić information content (AvgIpc) is 2.98. The molecule has 1 heterocycles. The van der Waals surface area contributed by atoms with Gasteiger partial charge in [0.25, 0.3) is 0 Å². The highest BCUT2D eigenvalue weighted by molar-refractivity contribution is 6.16. The third-order valence-corrected chi connectivity index (χ3v) is 7.28. The van der Waals surface area contributed by atoms with Gasteiger partial charge in [0, 0.05) is 23.5 Å². The summed E-state index contributed by atoms with van der Waals surface area (Å²) in [6, 6.07) is 35.9. The number of benzene rings is 4. The number of fused-ring (bicyclic) bond motifs is 1. The van der Waals surface area contributed by atoms with Crippen molar-refractivity contribution in [3.8, 4) is 5.75 Å². The lowest BCUT2D eigenvalue weighted by Crippen LogP contribution is -2.64. The van der Waals surface area contributed by atoms with Gasteiger partial charge in [-0.15, -0.1) is 0 Å². The summed E-state index contributed by atoms with van der Waals surface area (Å²) in [6.45, 7) is 5.02. The standard InChI is InChI=1S/C34H32N2O3/c1-3-35(4-2)34(25-27-13-11-12-18-31(27)39-33(34)38)32(37)24-21-26-19-22-30(23-20-26)36(28-14-7-5-8-15-28)29-16-9-6-10-17-29/h5-24H,3-4,25H2,1-2H3/b24-21+. The molecule has 0 fully saturated rings. The van der Waals surface area contributed by atoms with Crippen LogP contribution < -0.4 is 9.64 Å². The van der Waals surface area contributed by atoms with Gasteiger partial charge in [0.2, 0.25) is 0 Å². The lowest BCUT2D eigenvalue weighted by atomic mass is 9.82. The van der Waals surface area contributed by atoms with Gasteiger partial charge in [-0.05, 0) is 72.8 Å². The van der Waals surface area contributed by atoms with Crippen molar-refractivity contribution in [2.75, 3.05) is 18.0 Å². The van der Waals surface area contributed by atoms with Crippen LogP contribution in [0.15, 0.2) is 115 Å². The summed E-state index contributed by atoms with van der Waals surface area (Å²) in [5, 5.41) is 0. The van der Waals surface area contributed by atoms with Gasteiger partial charge in [-0.25, -0.2) is 4.79 Å². The van der Waals surface area contributed by atoms with Crippen molar-refractivity contribution in [2.45, 2.75) is 25.8 Å². The Hall–Kier alpha value is -4.48. The quantitative estimate of drug-likeness (QED) is 0.104. The Kier molecular flexibility index (Phi) is 7.71. The van der Waals surface area contributed by atoms with E-state index in [1.54, 1.807) is 12.1 Å². The molecular formula is C34H32N2O3. The first-order chi connectivity index (χ1) is 19.1. The zero-order valence-electron chi connectivity index (χ0n) is 22.3. The Labute approximate surface area is 230 Å². The molecule has 0 aromatic heterocycles. The van der Waals surface area contributed by atoms with Crippen LogP contribution in [-0.4, -0.2) is 35.3 Å². The number of carbonyl (C=O) groups excluding carboxylic acids is 2. The lowest BCUT2D eigenvalue weighted by Gasteiger charge is -2.41. The molecule has 1 aliphatic heterocycles. The Bertz CT molecular complexity index is 1420. The third kappa shape index (κ3) is 5.14. The van der Waals surface area contributed by atoms with Crippen LogP contribution in [0.4, 0.5) is 17.1 Å². The van der Waals surface area contributed by atoms with E-state index in [1.807, 2.05) is 97.6 Å². The van der Waals surface area contributed by atoms with Crippen molar-refractivity contribution in [3.63, 3.8) is 0 Å². The fourth-order valence-electron chi connectivity index (χ4n) is 5.28. The zero-order chi connectivity index (χ0) is 27.2. The molecule has 0 saturated heterocycles. The largest absolute Gasteiger partial charge is 0.425 e. The molecule has 5 nitrogen and oxygen atoms in total. The molecule has 5 heteroatoms. The van der Waals surface area contributed by atoms with Crippen molar-refractivity contribution in [1.82, 2.24) is 4.90 Å². The first-order valence-corrected chi connectivity index (χ1v) is 13.3.